The van der Waals surface area contributed by atoms with Crippen molar-refractivity contribution in [3.05, 3.63) is 54.5 Å². The number of benzene rings is 1. The maximum absolute atomic E-state index is 4.85. The Labute approximate surface area is 172 Å². The van der Waals surface area contributed by atoms with Gasteiger partial charge >= 0.3 is 0 Å². The number of rotatable bonds is 4. The highest BCUT2D eigenvalue weighted by molar-refractivity contribution is 5.80. The Hall–Kier alpha value is -2.69. The predicted molar refractivity (Wildman–Crippen MR) is 119 cm³/mol. The number of hydrogen-bond donors (Lipinski definition) is 0. The molecule has 29 heavy (non-hydrogen) atoms. The highest BCUT2D eigenvalue weighted by atomic mass is 15.3. The zero-order valence-corrected chi connectivity index (χ0v) is 17.2. The second-order valence-electron chi connectivity index (χ2n) is 8.45. The molecule has 0 bridgehead atoms. The van der Waals surface area contributed by atoms with Crippen LogP contribution in [0.5, 0.6) is 0 Å². The van der Waals surface area contributed by atoms with Crippen molar-refractivity contribution in [3.8, 4) is 0 Å². The van der Waals surface area contributed by atoms with Crippen molar-refractivity contribution in [1.29, 1.82) is 0 Å². The zero-order chi connectivity index (χ0) is 19.6. The third-order valence-electron chi connectivity index (χ3n) is 6.53. The summed E-state index contributed by atoms with van der Waals surface area (Å²) in [6, 6.07) is 12.6. The zero-order valence-electron chi connectivity index (χ0n) is 17.2. The van der Waals surface area contributed by atoms with Gasteiger partial charge in [-0.25, -0.2) is 9.97 Å². The number of anilines is 2. The van der Waals surface area contributed by atoms with E-state index in [-0.39, 0.29) is 0 Å². The average Bonchev–Trinajstić information content (AvgIpc) is 2.99. The molecule has 0 spiro atoms. The van der Waals surface area contributed by atoms with Crippen molar-refractivity contribution in [2.75, 3.05) is 36.0 Å². The molecule has 2 saturated heterocycles. The number of pyridine rings is 1. The molecule has 0 N–H and O–H groups in total. The summed E-state index contributed by atoms with van der Waals surface area (Å²) in [5, 5.41) is 1.19. The molecule has 2 aliphatic rings. The molecule has 0 amide bonds. The van der Waals surface area contributed by atoms with Gasteiger partial charge in [-0.3, -0.25) is 4.98 Å². The van der Waals surface area contributed by atoms with Gasteiger partial charge < -0.3 is 9.80 Å². The monoisotopic (exact) mass is 387 g/mol. The van der Waals surface area contributed by atoms with Gasteiger partial charge in [0.15, 0.2) is 5.82 Å². The molecule has 0 radical (unpaired) electrons. The molecule has 2 aromatic heterocycles. The summed E-state index contributed by atoms with van der Waals surface area (Å²) in [6.07, 6.45) is 8.88. The Kier molecular flexibility index (Phi) is 5.04. The summed E-state index contributed by atoms with van der Waals surface area (Å²) in [4.78, 5) is 19.3. The molecule has 2 fully saturated rings. The van der Waals surface area contributed by atoms with Crippen LogP contribution in [0.1, 0.15) is 44.2 Å². The molecular formula is C24H29N5. The van der Waals surface area contributed by atoms with Crippen LogP contribution in [-0.2, 0) is 0 Å². The van der Waals surface area contributed by atoms with Crippen molar-refractivity contribution in [3.63, 3.8) is 0 Å². The molecule has 1 unspecified atom stereocenters. The van der Waals surface area contributed by atoms with Crippen LogP contribution in [-0.4, -0.2) is 41.1 Å². The van der Waals surface area contributed by atoms with Gasteiger partial charge in [0.2, 0.25) is 0 Å². The van der Waals surface area contributed by atoms with Gasteiger partial charge in [0.25, 0.3) is 0 Å². The molecule has 150 valence electrons. The van der Waals surface area contributed by atoms with Crippen LogP contribution in [0.2, 0.25) is 0 Å². The molecule has 5 heteroatoms. The van der Waals surface area contributed by atoms with E-state index in [4.69, 9.17) is 15.0 Å². The maximum atomic E-state index is 4.85. The smallest absolute Gasteiger partial charge is 0.150 e. The Bertz CT molecular complexity index is 982. The highest BCUT2D eigenvalue weighted by Gasteiger charge is 2.34. The molecule has 1 aromatic carbocycles. The van der Waals surface area contributed by atoms with Crippen LogP contribution in [0.25, 0.3) is 10.9 Å². The summed E-state index contributed by atoms with van der Waals surface area (Å²) in [6.45, 7) is 6.45. The lowest BCUT2D eigenvalue weighted by Gasteiger charge is -2.41. The minimum atomic E-state index is 0.426. The molecule has 1 atom stereocenters. The second-order valence-corrected chi connectivity index (χ2v) is 8.45. The predicted octanol–water partition coefficient (Wildman–Crippen LogP) is 4.65. The normalized spacial score (nSPS) is 20.5. The quantitative estimate of drug-likeness (QED) is 0.652. The number of aromatic nitrogens is 3. The van der Waals surface area contributed by atoms with Gasteiger partial charge in [0, 0.05) is 49.9 Å². The molecule has 5 rings (SSSR count). The van der Waals surface area contributed by atoms with Gasteiger partial charge in [0.1, 0.15) is 5.82 Å². The fraction of sp³-hybridized carbons (Fsp3) is 0.458. The van der Waals surface area contributed by atoms with E-state index < -0.39 is 0 Å². The van der Waals surface area contributed by atoms with Crippen molar-refractivity contribution < 1.29 is 0 Å². The van der Waals surface area contributed by atoms with Gasteiger partial charge in [-0.15, -0.1) is 0 Å². The summed E-state index contributed by atoms with van der Waals surface area (Å²) < 4.78 is 0. The van der Waals surface area contributed by atoms with E-state index >= 15 is 0 Å². The molecule has 2 aliphatic heterocycles. The number of hydrogen-bond acceptors (Lipinski definition) is 5. The Morgan fingerprint density at radius 2 is 1.79 bits per heavy atom. The largest absolute Gasteiger partial charge is 0.355 e. The molecule has 3 aromatic rings. The van der Waals surface area contributed by atoms with Crippen LogP contribution in [0, 0.1) is 5.92 Å². The molecule has 0 aliphatic carbocycles. The lowest BCUT2D eigenvalue weighted by atomic mass is 9.95. The molecular weight excluding hydrogens is 358 g/mol. The third-order valence-corrected chi connectivity index (χ3v) is 6.53. The van der Waals surface area contributed by atoms with E-state index in [9.17, 15) is 0 Å². The van der Waals surface area contributed by atoms with Crippen LogP contribution < -0.4 is 9.80 Å². The topological polar surface area (TPSA) is 45.2 Å². The van der Waals surface area contributed by atoms with Crippen molar-refractivity contribution >= 4 is 22.5 Å². The van der Waals surface area contributed by atoms with Gasteiger partial charge in [-0.05, 0) is 37.0 Å². The fourth-order valence-electron chi connectivity index (χ4n) is 4.70. The van der Waals surface area contributed by atoms with Gasteiger partial charge in [-0.2, -0.15) is 0 Å². The van der Waals surface area contributed by atoms with Crippen molar-refractivity contribution in [2.45, 2.75) is 38.5 Å². The van der Waals surface area contributed by atoms with E-state index in [2.05, 4.69) is 53.1 Å². The van der Waals surface area contributed by atoms with E-state index in [0.717, 1.165) is 49.2 Å². The van der Waals surface area contributed by atoms with Crippen molar-refractivity contribution in [1.82, 2.24) is 15.0 Å². The molecule has 0 saturated carbocycles. The van der Waals surface area contributed by atoms with Gasteiger partial charge in [0.05, 0.1) is 11.2 Å². The number of nitrogens with zero attached hydrogens (tertiary/aromatic N) is 5. The molecule has 4 heterocycles. The fourth-order valence-corrected chi connectivity index (χ4v) is 4.70. The average molecular weight is 388 g/mol. The highest BCUT2D eigenvalue weighted by Crippen LogP contribution is 2.35. The first kappa shape index (κ1) is 18.3. The number of para-hydroxylation sites is 1. The Morgan fingerprint density at radius 1 is 0.931 bits per heavy atom. The summed E-state index contributed by atoms with van der Waals surface area (Å²) in [5.41, 5.74) is 2.23. The van der Waals surface area contributed by atoms with E-state index in [0.29, 0.717) is 5.92 Å². The van der Waals surface area contributed by atoms with Crippen LogP contribution in [0.15, 0.2) is 48.8 Å². The van der Waals surface area contributed by atoms with Crippen molar-refractivity contribution in [2.24, 2.45) is 5.92 Å². The standard InChI is InChI=1S/C24H29N5/c1-2-18-7-5-6-14-28(15-18)24-23(25-12-13-26-24)20-16-29(17-20)22-11-10-19-8-3-4-9-21(19)27-22/h3-4,8-13,18,20H,2,5-7,14-17H2,1H3. The lowest BCUT2D eigenvalue weighted by molar-refractivity contribution is 0.477. The summed E-state index contributed by atoms with van der Waals surface area (Å²) in [7, 11) is 0. The minimum absolute atomic E-state index is 0.426. The minimum Gasteiger partial charge on any atom is -0.355 e. The van der Waals surface area contributed by atoms with E-state index in [1.807, 2.05) is 12.4 Å². The van der Waals surface area contributed by atoms with Crippen LogP contribution in [0.3, 0.4) is 0 Å². The number of fused-ring (bicyclic) bond motifs is 1. The molecule has 5 nitrogen and oxygen atoms in total. The first-order valence-corrected chi connectivity index (χ1v) is 11.0. The maximum Gasteiger partial charge on any atom is 0.150 e. The first-order chi connectivity index (χ1) is 14.3. The second kappa shape index (κ2) is 7.97. The van der Waals surface area contributed by atoms with Crippen LogP contribution >= 0.6 is 0 Å². The lowest BCUT2D eigenvalue weighted by Crippen LogP contribution is -2.46. The Morgan fingerprint density at radius 3 is 2.69 bits per heavy atom. The summed E-state index contributed by atoms with van der Waals surface area (Å²) >= 11 is 0. The van der Waals surface area contributed by atoms with E-state index in [1.165, 1.54) is 36.8 Å². The third kappa shape index (κ3) is 3.66. The van der Waals surface area contributed by atoms with Crippen LogP contribution in [0.4, 0.5) is 11.6 Å². The van der Waals surface area contributed by atoms with E-state index in [1.54, 1.807) is 0 Å². The summed E-state index contributed by atoms with van der Waals surface area (Å²) in [5.74, 6) is 3.37. The SMILES string of the molecule is CCC1CCCCN(c2nccnc2C2CN(c3ccc4ccccc4n3)C2)C1. The first-order valence-electron chi connectivity index (χ1n) is 11.0. The van der Waals surface area contributed by atoms with Gasteiger partial charge in [-0.1, -0.05) is 38.0 Å². The Balaban J connectivity index is 1.34.